The standard InChI is InChI=1S/C30H27FN2O6S/c1-37-20-9-7-16(8-10-20)21-14-22-25(27(34)24(21)29(35)38-2)23(17-11-12-40-15-17)26(30(36)39-3)28(32)33(22)19-6-4-5-18(31)13-19/h4-13,15,21,23-24H,14,32H2,1-3H3. The molecule has 3 aromatic rings. The van der Waals surface area contributed by atoms with Crippen molar-refractivity contribution in [3.05, 3.63) is 105 Å². The average Bonchev–Trinajstić information content (AvgIpc) is 3.50. The molecule has 10 heteroatoms. The molecule has 0 saturated carbocycles. The summed E-state index contributed by atoms with van der Waals surface area (Å²) >= 11 is 1.39. The quantitative estimate of drug-likeness (QED) is 0.342. The molecule has 2 N–H and O–H groups in total. The molecule has 2 heterocycles. The van der Waals surface area contributed by atoms with E-state index in [4.69, 9.17) is 19.9 Å². The summed E-state index contributed by atoms with van der Waals surface area (Å²) in [5, 5.41) is 3.64. The Balaban J connectivity index is 1.79. The van der Waals surface area contributed by atoms with Crippen molar-refractivity contribution in [1.29, 1.82) is 0 Å². The lowest BCUT2D eigenvalue weighted by atomic mass is 9.67. The highest BCUT2D eigenvalue weighted by Crippen LogP contribution is 2.51. The second-order valence-corrected chi connectivity index (χ2v) is 10.2. The third kappa shape index (κ3) is 4.54. The largest absolute Gasteiger partial charge is 0.497 e. The van der Waals surface area contributed by atoms with Crippen LogP contribution >= 0.6 is 11.3 Å². The molecule has 8 nitrogen and oxygen atoms in total. The topological polar surface area (TPSA) is 108 Å². The fourth-order valence-electron chi connectivity index (χ4n) is 5.58. The van der Waals surface area contributed by atoms with Crippen LogP contribution in [0, 0.1) is 11.7 Å². The highest BCUT2D eigenvalue weighted by Gasteiger charge is 2.51. The van der Waals surface area contributed by atoms with Crippen molar-refractivity contribution >= 4 is 34.7 Å². The maximum Gasteiger partial charge on any atom is 0.338 e. The van der Waals surface area contributed by atoms with E-state index >= 15 is 0 Å². The Bertz CT molecular complexity index is 1530. The minimum atomic E-state index is -1.19. The van der Waals surface area contributed by atoms with Gasteiger partial charge in [0.25, 0.3) is 0 Å². The lowest BCUT2D eigenvalue weighted by molar-refractivity contribution is -0.150. The normalized spacial score (nSPS) is 20.8. The van der Waals surface area contributed by atoms with Crippen molar-refractivity contribution in [3.8, 4) is 5.75 Å². The summed E-state index contributed by atoms with van der Waals surface area (Å²) in [6.45, 7) is 0. The number of hydrogen-bond acceptors (Lipinski definition) is 9. The molecule has 0 amide bonds. The molecule has 0 bridgehead atoms. The molecular weight excluding hydrogens is 535 g/mol. The van der Waals surface area contributed by atoms with Gasteiger partial charge in [-0.15, -0.1) is 0 Å². The molecule has 2 aliphatic rings. The first kappa shape index (κ1) is 27.1. The summed E-state index contributed by atoms with van der Waals surface area (Å²) in [4.78, 5) is 42.4. The number of esters is 2. The first-order chi connectivity index (χ1) is 19.3. The van der Waals surface area contributed by atoms with Crippen LogP contribution in [0.15, 0.2) is 88.0 Å². The van der Waals surface area contributed by atoms with E-state index in [0.717, 1.165) is 0 Å². The Labute approximate surface area is 234 Å². The van der Waals surface area contributed by atoms with Gasteiger partial charge in [-0.25, -0.2) is 9.18 Å². The number of ketones is 1. The smallest absolute Gasteiger partial charge is 0.338 e. The van der Waals surface area contributed by atoms with E-state index in [9.17, 15) is 18.8 Å². The minimum absolute atomic E-state index is 0.0187. The fraction of sp³-hybridized carbons (Fsp3) is 0.233. The zero-order valence-corrected chi connectivity index (χ0v) is 22.9. The molecule has 1 aromatic heterocycles. The molecule has 206 valence electrons. The SMILES string of the molecule is COC(=O)C1=C(N)N(c2cccc(F)c2)C2=C(C(=O)C(C(=O)OC)C(c3ccc(OC)cc3)C2)C1c1ccsc1. The number of benzene rings is 2. The van der Waals surface area contributed by atoms with Crippen LogP contribution in [0.1, 0.15) is 29.4 Å². The number of thiophene rings is 1. The highest BCUT2D eigenvalue weighted by atomic mass is 32.1. The summed E-state index contributed by atoms with van der Waals surface area (Å²) in [7, 11) is 4.01. The first-order valence-electron chi connectivity index (χ1n) is 12.4. The summed E-state index contributed by atoms with van der Waals surface area (Å²) in [6.07, 6.45) is 0.180. The summed E-state index contributed by atoms with van der Waals surface area (Å²) in [6, 6.07) is 14.6. The molecule has 3 unspecified atom stereocenters. The van der Waals surface area contributed by atoms with E-state index in [1.54, 1.807) is 43.5 Å². The first-order valence-corrected chi connectivity index (χ1v) is 13.4. The molecule has 3 atom stereocenters. The molecule has 0 spiro atoms. The van der Waals surface area contributed by atoms with Crippen molar-refractivity contribution in [3.63, 3.8) is 0 Å². The molecule has 5 rings (SSSR count). The van der Waals surface area contributed by atoms with Crippen LogP contribution in [0.3, 0.4) is 0 Å². The third-order valence-corrected chi connectivity index (χ3v) is 8.09. The number of hydrogen-bond donors (Lipinski definition) is 1. The zero-order valence-electron chi connectivity index (χ0n) is 22.1. The molecule has 2 aromatic carbocycles. The van der Waals surface area contributed by atoms with Gasteiger partial charge in [0.05, 0.1) is 38.5 Å². The predicted molar refractivity (Wildman–Crippen MR) is 147 cm³/mol. The molecule has 40 heavy (non-hydrogen) atoms. The maximum atomic E-state index is 14.5. The molecule has 0 radical (unpaired) electrons. The Morgan fingerprint density at radius 3 is 2.38 bits per heavy atom. The Morgan fingerprint density at radius 2 is 1.77 bits per heavy atom. The maximum absolute atomic E-state index is 14.5. The average molecular weight is 563 g/mol. The number of halogens is 1. The number of rotatable bonds is 6. The van der Waals surface area contributed by atoms with Gasteiger partial charge in [0.1, 0.15) is 23.3 Å². The van der Waals surface area contributed by atoms with Gasteiger partial charge >= 0.3 is 11.9 Å². The van der Waals surface area contributed by atoms with Crippen LogP contribution in [-0.2, 0) is 23.9 Å². The van der Waals surface area contributed by atoms with E-state index in [0.29, 0.717) is 28.3 Å². The van der Waals surface area contributed by atoms with E-state index in [-0.39, 0.29) is 23.4 Å². The molecule has 1 aliphatic carbocycles. The summed E-state index contributed by atoms with van der Waals surface area (Å²) in [5.74, 6) is -4.52. The van der Waals surface area contributed by atoms with Crippen LogP contribution in [-0.4, -0.2) is 39.1 Å². The highest BCUT2D eigenvalue weighted by molar-refractivity contribution is 7.08. The van der Waals surface area contributed by atoms with E-state index in [2.05, 4.69) is 0 Å². The number of methoxy groups -OCH3 is 3. The monoisotopic (exact) mass is 562 g/mol. The number of Topliss-reactive ketones (excluding diaryl/α,β-unsaturated/α-hetero) is 1. The van der Waals surface area contributed by atoms with E-state index < -0.39 is 41.3 Å². The van der Waals surface area contributed by atoms with Gasteiger partial charge in [-0.3, -0.25) is 14.5 Å². The van der Waals surface area contributed by atoms with Crippen molar-refractivity contribution in [2.24, 2.45) is 11.7 Å². The van der Waals surface area contributed by atoms with Gasteiger partial charge in [0.15, 0.2) is 5.78 Å². The fourth-order valence-corrected chi connectivity index (χ4v) is 6.27. The van der Waals surface area contributed by atoms with Crippen LogP contribution in [0.5, 0.6) is 5.75 Å². The van der Waals surface area contributed by atoms with Gasteiger partial charge in [-0.1, -0.05) is 18.2 Å². The zero-order chi connectivity index (χ0) is 28.6. The van der Waals surface area contributed by atoms with Crippen LogP contribution < -0.4 is 15.4 Å². The Kier molecular flexibility index (Phi) is 7.44. The van der Waals surface area contributed by atoms with Crippen LogP contribution in [0.25, 0.3) is 0 Å². The van der Waals surface area contributed by atoms with Crippen molar-refractivity contribution in [1.82, 2.24) is 0 Å². The van der Waals surface area contributed by atoms with Gasteiger partial charge in [0.2, 0.25) is 0 Å². The van der Waals surface area contributed by atoms with Gasteiger partial charge in [0, 0.05) is 17.2 Å². The molecule has 0 saturated heterocycles. The molecule has 1 aliphatic heterocycles. The van der Waals surface area contributed by atoms with Crippen molar-refractivity contribution in [2.75, 3.05) is 26.2 Å². The Morgan fingerprint density at radius 1 is 1.02 bits per heavy atom. The third-order valence-electron chi connectivity index (χ3n) is 7.39. The Hall–Kier alpha value is -4.44. The molecule has 0 fully saturated rings. The number of allylic oxidation sites excluding steroid dienone is 2. The number of nitrogens with zero attached hydrogens (tertiary/aromatic N) is 1. The van der Waals surface area contributed by atoms with E-state index in [1.165, 1.54) is 48.7 Å². The summed E-state index contributed by atoms with van der Waals surface area (Å²) < 4.78 is 30.0. The predicted octanol–water partition coefficient (Wildman–Crippen LogP) is 4.64. The minimum Gasteiger partial charge on any atom is -0.497 e. The van der Waals surface area contributed by atoms with Gasteiger partial charge < -0.3 is 19.9 Å². The number of carbonyl (C=O) groups excluding carboxylic acids is 3. The molecular formula is C30H27FN2O6S. The number of anilines is 1. The van der Waals surface area contributed by atoms with Crippen molar-refractivity contribution in [2.45, 2.75) is 18.3 Å². The number of ether oxygens (including phenoxy) is 3. The van der Waals surface area contributed by atoms with Gasteiger partial charge in [-0.05, 0) is 64.7 Å². The lowest BCUT2D eigenvalue weighted by Crippen LogP contribution is -2.46. The van der Waals surface area contributed by atoms with Crippen LogP contribution in [0.2, 0.25) is 0 Å². The summed E-state index contributed by atoms with van der Waals surface area (Å²) in [5.41, 5.74) is 9.12. The number of carbonyl (C=O) groups is 3. The van der Waals surface area contributed by atoms with Gasteiger partial charge in [-0.2, -0.15) is 11.3 Å². The van der Waals surface area contributed by atoms with Crippen LogP contribution in [0.4, 0.5) is 10.1 Å². The lowest BCUT2D eigenvalue weighted by Gasteiger charge is -2.43. The second kappa shape index (κ2) is 11.0. The second-order valence-electron chi connectivity index (χ2n) is 9.40. The van der Waals surface area contributed by atoms with E-state index in [1.807, 2.05) is 10.8 Å². The number of nitrogens with two attached hydrogens (primary N) is 1. The van der Waals surface area contributed by atoms with Crippen molar-refractivity contribution < 1.29 is 33.0 Å².